The van der Waals surface area contributed by atoms with Crippen molar-refractivity contribution >= 4 is 28.4 Å². The average Bonchev–Trinajstić information content (AvgIpc) is 2.91. The van der Waals surface area contributed by atoms with Gasteiger partial charge in [-0.25, -0.2) is 4.98 Å². The van der Waals surface area contributed by atoms with E-state index in [2.05, 4.69) is 12.1 Å². The van der Waals surface area contributed by atoms with E-state index in [1.807, 2.05) is 67.6 Å². The van der Waals surface area contributed by atoms with Gasteiger partial charge in [-0.2, -0.15) is 0 Å². The Bertz CT molecular complexity index is 1390. The first kappa shape index (κ1) is 23.6. The average molecular weight is 483 g/mol. The van der Waals surface area contributed by atoms with Gasteiger partial charge in [-0.05, 0) is 48.9 Å². The third-order valence-electron chi connectivity index (χ3n) is 6.93. The molecule has 0 amide bonds. The zero-order valence-electron chi connectivity index (χ0n) is 20.1. The molecule has 4 aromatic rings. The number of hydrogen-bond donors (Lipinski definition) is 0. The molecule has 1 saturated carbocycles. The van der Waals surface area contributed by atoms with E-state index in [0.29, 0.717) is 34.1 Å². The summed E-state index contributed by atoms with van der Waals surface area (Å²) in [6, 6.07) is 23.7. The standard InChI is InChI=1S/C30H30N2O2S/c1-21-11-13-22(14-12-21)19-32-29(34)26-9-5-6-10-27(26)31-30(32)35-20-28(33)25-17-15-24(16-18-25)23-7-3-2-4-8-23/h5-6,9-18,23H,2-4,7-8,19-20H2,1H3. The van der Waals surface area contributed by atoms with E-state index >= 15 is 0 Å². The van der Waals surface area contributed by atoms with E-state index < -0.39 is 0 Å². The number of para-hydroxylation sites is 1. The Kier molecular flexibility index (Phi) is 7.14. The molecule has 5 heteroatoms. The van der Waals surface area contributed by atoms with Crippen LogP contribution in [-0.4, -0.2) is 21.1 Å². The highest BCUT2D eigenvalue weighted by molar-refractivity contribution is 7.99. The number of carbonyl (C=O) groups excluding carboxylic acids is 1. The van der Waals surface area contributed by atoms with Gasteiger partial charge in [-0.3, -0.25) is 14.2 Å². The largest absolute Gasteiger partial charge is 0.293 e. The quantitative estimate of drug-likeness (QED) is 0.166. The monoisotopic (exact) mass is 482 g/mol. The molecule has 1 aromatic heterocycles. The van der Waals surface area contributed by atoms with Crippen molar-refractivity contribution in [3.8, 4) is 0 Å². The van der Waals surface area contributed by atoms with Crippen LogP contribution in [0.3, 0.4) is 0 Å². The van der Waals surface area contributed by atoms with E-state index in [1.165, 1.54) is 55.0 Å². The number of rotatable bonds is 7. The molecule has 1 aliphatic carbocycles. The van der Waals surface area contributed by atoms with Gasteiger partial charge in [-0.15, -0.1) is 0 Å². The summed E-state index contributed by atoms with van der Waals surface area (Å²) >= 11 is 1.34. The molecular weight excluding hydrogens is 452 g/mol. The fourth-order valence-corrected chi connectivity index (χ4v) is 5.76. The van der Waals surface area contributed by atoms with Crippen molar-refractivity contribution in [2.24, 2.45) is 0 Å². The van der Waals surface area contributed by atoms with Crippen molar-refractivity contribution in [1.82, 2.24) is 9.55 Å². The van der Waals surface area contributed by atoms with Crippen LogP contribution < -0.4 is 5.56 Å². The van der Waals surface area contributed by atoms with E-state index in [9.17, 15) is 9.59 Å². The molecule has 178 valence electrons. The number of hydrogen-bond acceptors (Lipinski definition) is 4. The fraction of sp³-hybridized carbons (Fsp3) is 0.300. The van der Waals surface area contributed by atoms with Crippen molar-refractivity contribution in [2.45, 2.75) is 56.6 Å². The number of fused-ring (bicyclic) bond motifs is 1. The van der Waals surface area contributed by atoms with Gasteiger partial charge in [0.15, 0.2) is 10.9 Å². The van der Waals surface area contributed by atoms with Crippen LogP contribution in [0, 0.1) is 6.92 Å². The minimum atomic E-state index is -0.0806. The molecule has 4 nitrogen and oxygen atoms in total. The molecule has 1 heterocycles. The number of aromatic nitrogens is 2. The summed E-state index contributed by atoms with van der Waals surface area (Å²) in [5, 5.41) is 1.16. The van der Waals surface area contributed by atoms with Crippen LogP contribution in [-0.2, 0) is 6.54 Å². The molecule has 5 rings (SSSR count). The summed E-state index contributed by atoms with van der Waals surface area (Å²) in [6.07, 6.45) is 6.42. The molecule has 1 fully saturated rings. The number of aryl methyl sites for hydroxylation is 1. The van der Waals surface area contributed by atoms with Crippen molar-refractivity contribution in [1.29, 1.82) is 0 Å². The molecule has 35 heavy (non-hydrogen) atoms. The van der Waals surface area contributed by atoms with Gasteiger partial charge in [-0.1, -0.05) is 97.3 Å². The summed E-state index contributed by atoms with van der Waals surface area (Å²) in [5.74, 6) is 0.913. The van der Waals surface area contributed by atoms with Crippen LogP contribution in [0.1, 0.15) is 65.1 Å². The second kappa shape index (κ2) is 10.6. The van der Waals surface area contributed by atoms with Crippen LogP contribution in [0.15, 0.2) is 82.7 Å². The van der Waals surface area contributed by atoms with Gasteiger partial charge in [0.25, 0.3) is 5.56 Å². The van der Waals surface area contributed by atoms with Crippen LogP contribution in [0.25, 0.3) is 10.9 Å². The van der Waals surface area contributed by atoms with Crippen LogP contribution in [0.4, 0.5) is 0 Å². The Balaban J connectivity index is 1.37. The van der Waals surface area contributed by atoms with E-state index in [1.54, 1.807) is 4.57 Å². The fourth-order valence-electron chi connectivity index (χ4n) is 4.86. The smallest absolute Gasteiger partial charge is 0.262 e. The Morgan fingerprint density at radius 2 is 1.66 bits per heavy atom. The Labute approximate surface area is 210 Å². The van der Waals surface area contributed by atoms with Crippen LogP contribution in [0.2, 0.25) is 0 Å². The maximum absolute atomic E-state index is 13.3. The first-order valence-corrected chi connectivity index (χ1v) is 13.4. The maximum Gasteiger partial charge on any atom is 0.262 e. The third kappa shape index (κ3) is 5.40. The van der Waals surface area contributed by atoms with E-state index in [-0.39, 0.29) is 17.1 Å². The Morgan fingerprint density at radius 3 is 2.40 bits per heavy atom. The molecule has 0 radical (unpaired) electrons. The molecule has 0 bridgehead atoms. The highest BCUT2D eigenvalue weighted by atomic mass is 32.2. The van der Waals surface area contributed by atoms with Crippen molar-refractivity contribution < 1.29 is 4.79 Å². The zero-order valence-corrected chi connectivity index (χ0v) is 20.9. The second-order valence-electron chi connectivity index (χ2n) is 9.46. The van der Waals surface area contributed by atoms with Gasteiger partial charge in [0.1, 0.15) is 0 Å². The van der Waals surface area contributed by atoms with Gasteiger partial charge in [0.05, 0.1) is 23.2 Å². The Morgan fingerprint density at radius 1 is 0.943 bits per heavy atom. The highest BCUT2D eigenvalue weighted by Crippen LogP contribution is 2.32. The number of thioether (sulfide) groups is 1. The third-order valence-corrected chi connectivity index (χ3v) is 7.91. The molecule has 0 aliphatic heterocycles. The van der Waals surface area contributed by atoms with E-state index in [4.69, 9.17) is 4.98 Å². The predicted molar refractivity (Wildman–Crippen MR) is 144 cm³/mol. The summed E-state index contributed by atoms with van der Waals surface area (Å²) in [6.45, 7) is 2.46. The topological polar surface area (TPSA) is 52.0 Å². The highest BCUT2D eigenvalue weighted by Gasteiger charge is 2.17. The van der Waals surface area contributed by atoms with Crippen molar-refractivity contribution in [3.05, 3.63) is 105 Å². The summed E-state index contributed by atoms with van der Waals surface area (Å²) in [7, 11) is 0. The predicted octanol–water partition coefficient (Wildman–Crippen LogP) is 6.78. The van der Waals surface area contributed by atoms with E-state index in [0.717, 1.165) is 5.56 Å². The van der Waals surface area contributed by atoms with Gasteiger partial charge >= 0.3 is 0 Å². The SMILES string of the molecule is Cc1ccc(Cn2c(SCC(=O)c3ccc(C4CCCCC4)cc3)nc3ccccc3c2=O)cc1. The number of carbonyl (C=O) groups is 1. The first-order valence-electron chi connectivity index (χ1n) is 12.4. The maximum atomic E-state index is 13.3. The van der Waals surface area contributed by atoms with Gasteiger partial charge < -0.3 is 0 Å². The van der Waals surface area contributed by atoms with Gasteiger partial charge in [0, 0.05) is 5.56 Å². The van der Waals surface area contributed by atoms with Crippen molar-refractivity contribution in [2.75, 3.05) is 5.75 Å². The number of benzene rings is 3. The van der Waals surface area contributed by atoms with Gasteiger partial charge in [0.2, 0.25) is 0 Å². The first-order chi connectivity index (χ1) is 17.1. The molecule has 0 spiro atoms. The number of ketones is 1. The van der Waals surface area contributed by atoms with Crippen LogP contribution in [0.5, 0.6) is 0 Å². The number of Topliss-reactive ketones (excluding diaryl/α,β-unsaturated/α-hetero) is 1. The lowest BCUT2D eigenvalue weighted by molar-refractivity contribution is 0.102. The summed E-state index contributed by atoms with van der Waals surface area (Å²) in [5.41, 5.74) is 4.84. The second-order valence-corrected chi connectivity index (χ2v) is 10.4. The minimum absolute atomic E-state index is 0.0505. The lowest BCUT2D eigenvalue weighted by Gasteiger charge is -2.22. The van der Waals surface area contributed by atoms with Crippen LogP contribution >= 0.6 is 11.8 Å². The molecule has 1 aliphatic rings. The lowest BCUT2D eigenvalue weighted by atomic mass is 9.84. The normalized spacial score (nSPS) is 14.3. The molecule has 0 saturated heterocycles. The molecule has 0 unspecified atom stereocenters. The molecular formula is C30H30N2O2S. The zero-order chi connectivity index (χ0) is 24.2. The lowest BCUT2D eigenvalue weighted by Crippen LogP contribution is -2.24. The summed E-state index contributed by atoms with van der Waals surface area (Å²) in [4.78, 5) is 31.1. The molecule has 0 atom stereocenters. The summed E-state index contributed by atoms with van der Waals surface area (Å²) < 4.78 is 1.69. The minimum Gasteiger partial charge on any atom is -0.293 e. The Hall–Kier alpha value is -3.18. The molecule has 0 N–H and O–H groups in total. The molecule has 3 aromatic carbocycles. The number of nitrogens with zero attached hydrogens (tertiary/aromatic N) is 2. The van der Waals surface area contributed by atoms with Crippen molar-refractivity contribution in [3.63, 3.8) is 0 Å².